The standard InChI is InChI=1S/C8H10N2O2/c1-3-4-12-8(11)7-6(2)9-5-10-7/h3,5H,1,4H2,2H3,(H,9,10). The fraction of sp³-hybridized carbons (Fsp3) is 0.250. The highest BCUT2D eigenvalue weighted by Crippen LogP contribution is 2.02. The van der Waals surface area contributed by atoms with Crippen molar-refractivity contribution in [3.63, 3.8) is 0 Å². The minimum absolute atomic E-state index is 0.213. The highest BCUT2D eigenvalue weighted by molar-refractivity contribution is 5.88. The van der Waals surface area contributed by atoms with Crippen LogP contribution in [-0.2, 0) is 4.74 Å². The summed E-state index contributed by atoms with van der Waals surface area (Å²) in [6.45, 7) is 5.41. The molecule has 1 aromatic heterocycles. The Balaban J connectivity index is 2.65. The van der Waals surface area contributed by atoms with E-state index in [0.29, 0.717) is 11.4 Å². The summed E-state index contributed by atoms with van der Waals surface area (Å²) in [5.74, 6) is -0.423. The molecular weight excluding hydrogens is 156 g/mol. The smallest absolute Gasteiger partial charge is 0.359 e. The molecule has 1 heterocycles. The molecule has 64 valence electrons. The van der Waals surface area contributed by atoms with Crippen LogP contribution in [0, 0.1) is 6.92 Å². The van der Waals surface area contributed by atoms with E-state index in [-0.39, 0.29) is 6.61 Å². The van der Waals surface area contributed by atoms with Crippen LogP contribution in [-0.4, -0.2) is 22.5 Å². The van der Waals surface area contributed by atoms with Gasteiger partial charge in [0.05, 0.1) is 6.33 Å². The van der Waals surface area contributed by atoms with Crippen LogP contribution in [0.4, 0.5) is 0 Å². The molecule has 0 aliphatic rings. The third-order valence-corrected chi connectivity index (χ3v) is 1.36. The monoisotopic (exact) mass is 166 g/mol. The molecule has 1 N–H and O–H groups in total. The third-order valence-electron chi connectivity index (χ3n) is 1.36. The number of nitrogens with zero attached hydrogens (tertiary/aromatic N) is 1. The molecular formula is C8H10N2O2. The molecule has 0 aliphatic carbocycles. The molecule has 0 saturated carbocycles. The van der Waals surface area contributed by atoms with E-state index >= 15 is 0 Å². The first-order valence-corrected chi connectivity index (χ1v) is 3.53. The second-order valence-electron chi connectivity index (χ2n) is 2.26. The number of hydrogen-bond donors (Lipinski definition) is 1. The first-order valence-electron chi connectivity index (χ1n) is 3.53. The molecule has 0 atom stereocenters. The number of carbonyl (C=O) groups excluding carboxylic acids is 1. The summed E-state index contributed by atoms with van der Waals surface area (Å²) in [6, 6.07) is 0. The fourth-order valence-corrected chi connectivity index (χ4v) is 0.768. The van der Waals surface area contributed by atoms with E-state index in [2.05, 4.69) is 16.5 Å². The average molecular weight is 166 g/mol. The Morgan fingerprint density at radius 2 is 2.67 bits per heavy atom. The van der Waals surface area contributed by atoms with Gasteiger partial charge in [0.25, 0.3) is 0 Å². The van der Waals surface area contributed by atoms with Gasteiger partial charge in [0.15, 0.2) is 5.69 Å². The molecule has 4 nitrogen and oxygen atoms in total. The summed E-state index contributed by atoms with van der Waals surface area (Å²) < 4.78 is 4.78. The maximum atomic E-state index is 11.1. The zero-order valence-electron chi connectivity index (χ0n) is 6.83. The molecule has 0 unspecified atom stereocenters. The number of H-pyrrole nitrogens is 1. The normalized spacial score (nSPS) is 9.42. The van der Waals surface area contributed by atoms with Crippen LogP contribution in [0.2, 0.25) is 0 Å². The van der Waals surface area contributed by atoms with E-state index in [1.807, 2.05) is 0 Å². The van der Waals surface area contributed by atoms with Crippen LogP contribution in [0.3, 0.4) is 0 Å². The summed E-state index contributed by atoms with van der Waals surface area (Å²) >= 11 is 0. The highest BCUT2D eigenvalue weighted by atomic mass is 16.5. The number of carbonyl (C=O) groups is 1. The first-order chi connectivity index (χ1) is 5.75. The van der Waals surface area contributed by atoms with Gasteiger partial charge in [-0.05, 0) is 6.92 Å². The average Bonchev–Trinajstić information content (AvgIpc) is 2.47. The SMILES string of the molecule is C=CCOC(=O)c1nc[nH]c1C. The number of hydrogen-bond acceptors (Lipinski definition) is 3. The van der Waals surface area contributed by atoms with E-state index in [1.54, 1.807) is 6.92 Å². The molecule has 0 radical (unpaired) electrons. The maximum Gasteiger partial charge on any atom is 0.359 e. The topological polar surface area (TPSA) is 55.0 Å². The van der Waals surface area contributed by atoms with Gasteiger partial charge >= 0.3 is 5.97 Å². The second-order valence-corrected chi connectivity index (χ2v) is 2.26. The van der Waals surface area contributed by atoms with E-state index in [0.717, 1.165) is 0 Å². The Kier molecular flexibility index (Phi) is 2.63. The Morgan fingerprint density at radius 1 is 1.92 bits per heavy atom. The molecule has 0 spiro atoms. The van der Waals surface area contributed by atoms with Crippen molar-refractivity contribution in [1.82, 2.24) is 9.97 Å². The van der Waals surface area contributed by atoms with E-state index in [4.69, 9.17) is 4.74 Å². The Morgan fingerprint density at radius 3 is 3.17 bits per heavy atom. The van der Waals surface area contributed by atoms with Crippen LogP contribution in [0.5, 0.6) is 0 Å². The van der Waals surface area contributed by atoms with E-state index in [1.165, 1.54) is 12.4 Å². The Labute approximate surface area is 70.3 Å². The second kappa shape index (κ2) is 3.71. The van der Waals surface area contributed by atoms with Crippen molar-refractivity contribution in [2.24, 2.45) is 0 Å². The summed E-state index contributed by atoms with van der Waals surface area (Å²) in [5, 5.41) is 0. The van der Waals surface area contributed by atoms with Crippen molar-refractivity contribution < 1.29 is 9.53 Å². The Bertz CT molecular complexity index is 291. The first kappa shape index (κ1) is 8.52. The zero-order chi connectivity index (χ0) is 8.97. The number of rotatable bonds is 3. The third kappa shape index (κ3) is 1.72. The lowest BCUT2D eigenvalue weighted by atomic mass is 10.3. The number of esters is 1. The molecule has 1 aromatic rings. The molecule has 4 heteroatoms. The van der Waals surface area contributed by atoms with Gasteiger partial charge in [-0.2, -0.15) is 0 Å². The van der Waals surface area contributed by atoms with Gasteiger partial charge in [0, 0.05) is 5.69 Å². The molecule has 0 aliphatic heterocycles. The number of imidazole rings is 1. The maximum absolute atomic E-state index is 11.1. The van der Waals surface area contributed by atoms with Gasteiger partial charge in [0.1, 0.15) is 6.61 Å². The van der Waals surface area contributed by atoms with Gasteiger partial charge in [-0.1, -0.05) is 12.7 Å². The van der Waals surface area contributed by atoms with Crippen molar-refractivity contribution in [2.75, 3.05) is 6.61 Å². The predicted octanol–water partition coefficient (Wildman–Crippen LogP) is 1.06. The van der Waals surface area contributed by atoms with Crippen LogP contribution < -0.4 is 0 Å². The quantitative estimate of drug-likeness (QED) is 0.539. The van der Waals surface area contributed by atoms with Crippen LogP contribution in [0.1, 0.15) is 16.2 Å². The molecule has 0 saturated heterocycles. The number of aromatic amines is 1. The summed E-state index contributed by atoms with van der Waals surface area (Å²) in [7, 11) is 0. The molecule has 0 aromatic carbocycles. The summed E-state index contributed by atoms with van der Waals surface area (Å²) in [4.78, 5) is 17.7. The van der Waals surface area contributed by atoms with Crippen molar-refractivity contribution in [3.8, 4) is 0 Å². The minimum Gasteiger partial charge on any atom is -0.457 e. The van der Waals surface area contributed by atoms with Gasteiger partial charge in [0.2, 0.25) is 0 Å². The van der Waals surface area contributed by atoms with Crippen LogP contribution in [0.15, 0.2) is 19.0 Å². The zero-order valence-corrected chi connectivity index (χ0v) is 6.83. The largest absolute Gasteiger partial charge is 0.457 e. The van der Waals surface area contributed by atoms with Gasteiger partial charge < -0.3 is 9.72 Å². The molecule has 0 bridgehead atoms. The summed E-state index contributed by atoms with van der Waals surface area (Å²) in [5.41, 5.74) is 1.04. The lowest BCUT2D eigenvalue weighted by Gasteiger charge is -1.98. The van der Waals surface area contributed by atoms with Gasteiger partial charge in [-0.3, -0.25) is 0 Å². The van der Waals surface area contributed by atoms with Crippen molar-refractivity contribution in [3.05, 3.63) is 30.4 Å². The number of aryl methyl sites for hydroxylation is 1. The predicted molar refractivity (Wildman–Crippen MR) is 43.8 cm³/mol. The molecule has 0 fully saturated rings. The van der Waals surface area contributed by atoms with Crippen LogP contribution >= 0.6 is 0 Å². The van der Waals surface area contributed by atoms with Crippen molar-refractivity contribution >= 4 is 5.97 Å². The number of aromatic nitrogens is 2. The molecule has 12 heavy (non-hydrogen) atoms. The van der Waals surface area contributed by atoms with Gasteiger partial charge in [-0.15, -0.1) is 0 Å². The Hall–Kier alpha value is -1.58. The number of nitrogens with one attached hydrogen (secondary N) is 1. The minimum atomic E-state index is -0.423. The van der Waals surface area contributed by atoms with Gasteiger partial charge in [-0.25, -0.2) is 9.78 Å². The molecule has 1 rings (SSSR count). The van der Waals surface area contributed by atoms with Crippen molar-refractivity contribution in [2.45, 2.75) is 6.92 Å². The number of ether oxygens (including phenoxy) is 1. The lowest BCUT2D eigenvalue weighted by Crippen LogP contribution is -2.06. The fourth-order valence-electron chi connectivity index (χ4n) is 0.768. The lowest BCUT2D eigenvalue weighted by molar-refractivity contribution is 0.0542. The molecule has 0 amide bonds. The highest BCUT2D eigenvalue weighted by Gasteiger charge is 2.11. The van der Waals surface area contributed by atoms with E-state index < -0.39 is 5.97 Å². The summed E-state index contributed by atoms with van der Waals surface area (Å²) in [6.07, 6.45) is 2.97. The van der Waals surface area contributed by atoms with E-state index in [9.17, 15) is 4.79 Å². The van der Waals surface area contributed by atoms with Crippen molar-refractivity contribution in [1.29, 1.82) is 0 Å². The van der Waals surface area contributed by atoms with Crippen LogP contribution in [0.25, 0.3) is 0 Å².